The standard InChI is InChI=1S/C39H76NO2/c1-3-5-7-9-11-13-15-17-19-21-23-25-27-29-31-33-36-41-38-35-39(40)42-37-34-32-30-28-26-24-22-20-18-16-14-12-10-8-6-4-2/h17-20,35,39H,3-16,21-34,36-38,40H2,1-2H3/b19-17-,20-18-. The summed E-state index contributed by atoms with van der Waals surface area (Å²) in [5, 5.41) is 0. The average Bonchev–Trinajstić information content (AvgIpc) is 3.00. The van der Waals surface area contributed by atoms with Gasteiger partial charge in [0.2, 0.25) is 0 Å². The third-order valence-electron chi connectivity index (χ3n) is 8.21. The van der Waals surface area contributed by atoms with E-state index in [1.54, 1.807) is 0 Å². The number of hydrogen-bond acceptors (Lipinski definition) is 3. The van der Waals surface area contributed by atoms with Gasteiger partial charge in [0.1, 0.15) is 6.23 Å². The molecule has 0 aromatic heterocycles. The van der Waals surface area contributed by atoms with Gasteiger partial charge in [0.05, 0.1) is 6.61 Å². The third kappa shape index (κ3) is 37.4. The van der Waals surface area contributed by atoms with E-state index in [0.29, 0.717) is 6.61 Å². The number of nitrogens with two attached hydrogens (primary N) is 1. The van der Waals surface area contributed by atoms with Crippen LogP contribution in [0.1, 0.15) is 194 Å². The predicted octanol–water partition coefficient (Wildman–Crippen LogP) is 12.6. The van der Waals surface area contributed by atoms with Crippen molar-refractivity contribution in [1.82, 2.24) is 0 Å². The average molecular weight is 591 g/mol. The van der Waals surface area contributed by atoms with Crippen molar-refractivity contribution in [2.24, 2.45) is 5.73 Å². The molecule has 0 aliphatic rings. The Balaban J connectivity index is 3.21. The second-order valence-corrected chi connectivity index (χ2v) is 12.5. The molecule has 0 saturated carbocycles. The van der Waals surface area contributed by atoms with Gasteiger partial charge >= 0.3 is 0 Å². The molecule has 0 heterocycles. The zero-order valence-electron chi connectivity index (χ0n) is 28.8. The highest BCUT2D eigenvalue weighted by molar-refractivity contribution is 4.82. The number of hydrogen-bond donors (Lipinski definition) is 1. The number of ether oxygens (including phenoxy) is 2. The second-order valence-electron chi connectivity index (χ2n) is 12.5. The smallest absolute Gasteiger partial charge is 0.111 e. The fourth-order valence-electron chi connectivity index (χ4n) is 5.33. The molecule has 0 spiro atoms. The summed E-state index contributed by atoms with van der Waals surface area (Å²) in [6.07, 6.45) is 48.6. The highest BCUT2D eigenvalue weighted by Gasteiger charge is 2.03. The molecule has 3 nitrogen and oxygen atoms in total. The lowest BCUT2D eigenvalue weighted by Crippen LogP contribution is -2.26. The van der Waals surface area contributed by atoms with Crippen molar-refractivity contribution < 1.29 is 9.47 Å². The molecule has 0 aliphatic heterocycles. The molecular weight excluding hydrogens is 514 g/mol. The van der Waals surface area contributed by atoms with Gasteiger partial charge in [0, 0.05) is 19.6 Å². The summed E-state index contributed by atoms with van der Waals surface area (Å²) in [5.41, 5.74) is 6.05. The highest BCUT2D eigenvalue weighted by atomic mass is 16.5. The van der Waals surface area contributed by atoms with Crippen LogP contribution in [0, 0.1) is 6.42 Å². The molecule has 1 unspecified atom stereocenters. The monoisotopic (exact) mass is 591 g/mol. The zero-order valence-corrected chi connectivity index (χ0v) is 28.8. The predicted molar refractivity (Wildman–Crippen MR) is 188 cm³/mol. The molecule has 3 heteroatoms. The van der Waals surface area contributed by atoms with Gasteiger partial charge in [-0.05, 0) is 64.2 Å². The first-order valence-electron chi connectivity index (χ1n) is 18.9. The Morgan fingerprint density at radius 2 is 0.762 bits per heavy atom. The Kier molecular flexibility index (Phi) is 37.8. The van der Waals surface area contributed by atoms with E-state index in [0.717, 1.165) is 26.1 Å². The van der Waals surface area contributed by atoms with Gasteiger partial charge in [-0.25, -0.2) is 0 Å². The lowest BCUT2D eigenvalue weighted by molar-refractivity contribution is 0.0565. The molecule has 0 aromatic rings. The topological polar surface area (TPSA) is 44.5 Å². The summed E-state index contributed by atoms with van der Waals surface area (Å²) in [5.74, 6) is 0. The SMILES string of the molecule is CCCCCCCC/C=C\CCCCCCCCOC[CH]C(N)OCCCCCCCC/C=C\CCCCCCCC. The quantitative estimate of drug-likeness (QED) is 0.0448. The molecular formula is C39H76NO2. The van der Waals surface area contributed by atoms with Crippen LogP contribution in [-0.4, -0.2) is 26.0 Å². The van der Waals surface area contributed by atoms with Crippen LogP contribution in [0.25, 0.3) is 0 Å². The first kappa shape index (κ1) is 41.4. The van der Waals surface area contributed by atoms with Crippen molar-refractivity contribution in [1.29, 1.82) is 0 Å². The lowest BCUT2D eigenvalue weighted by atomic mass is 10.1. The van der Waals surface area contributed by atoms with Crippen LogP contribution >= 0.6 is 0 Å². The molecule has 249 valence electrons. The van der Waals surface area contributed by atoms with Crippen LogP contribution in [0.4, 0.5) is 0 Å². The van der Waals surface area contributed by atoms with E-state index in [1.807, 2.05) is 6.42 Å². The van der Waals surface area contributed by atoms with Crippen LogP contribution in [0.15, 0.2) is 24.3 Å². The summed E-state index contributed by atoms with van der Waals surface area (Å²) >= 11 is 0. The molecule has 0 aliphatic carbocycles. The number of unbranched alkanes of at least 4 members (excludes halogenated alkanes) is 24. The molecule has 0 amide bonds. The van der Waals surface area contributed by atoms with Gasteiger partial charge in [0.25, 0.3) is 0 Å². The maximum atomic E-state index is 6.05. The van der Waals surface area contributed by atoms with Gasteiger partial charge in [-0.1, -0.05) is 154 Å². The minimum absolute atomic E-state index is 0.298. The van der Waals surface area contributed by atoms with Gasteiger partial charge in [-0.3, -0.25) is 0 Å². The minimum Gasteiger partial charge on any atom is -0.381 e. The van der Waals surface area contributed by atoms with Gasteiger partial charge in [-0.15, -0.1) is 0 Å². The van der Waals surface area contributed by atoms with Crippen LogP contribution in [-0.2, 0) is 9.47 Å². The fourth-order valence-corrected chi connectivity index (χ4v) is 5.33. The van der Waals surface area contributed by atoms with Crippen molar-refractivity contribution in [3.8, 4) is 0 Å². The summed E-state index contributed by atoms with van der Waals surface area (Å²) in [7, 11) is 0. The molecule has 0 fully saturated rings. The maximum absolute atomic E-state index is 6.05. The molecule has 1 radical (unpaired) electrons. The largest absolute Gasteiger partial charge is 0.381 e. The summed E-state index contributed by atoms with van der Waals surface area (Å²) in [6, 6.07) is 0. The Hall–Kier alpha value is -0.640. The second kappa shape index (κ2) is 38.4. The van der Waals surface area contributed by atoms with E-state index in [1.165, 1.54) is 167 Å². The van der Waals surface area contributed by atoms with Crippen molar-refractivity contribution >= 4 is 0 Å². The molecule has 0 bridgehead atoms. The number of rotatable bonds is 36. The van der Waals surface area contributed by atoms with Crippen LogP contribution in [0.2, 0.25) is 0 Å². The molecule has 42 heavy (non-hydrogen) atoms. The summed E-state index contributed by atoms with van der Waals surface area (Å²) in [6.45, 7) is 6.75. The summed E-state index contributed by atoms with van der Waals surface area (Å²) in [4.78, 5) is 0. The van der Waals surface area contributed by atoms with E-state index in [2.05, 4.69) is 38.2 Å². The third-order valence-corrected chi connectivity index (χ3v) is 8.21. The molecule has 2 N–H and O–H groups in total. The van der Waals surface area contributed by atoms with E-state index < -0.39 is 0 Å². The first-order valence-corrected chi connectivity index (χ1v) is 18.9. The van der Waals surface area contributed by atoms with Crippen LogP contribution < -0.4 is 5.73 Å². The van der Waals surface area contributed by atoms with Crippen molar-refractivity contribution in [2.45, 2.75) is 200 Å². The zero-order chi connectivity index (χ0) is 30.4. The normalized spacial score (nSPS) is 12.7. The van der Waals surface area contributed by atoms with Gasteiger partial charge in [-0.2, -0.15) is 0 Å². The molecule has 0 saturated heterocycles. The maximum Gasteiger partial charge on any atom is 0.111 e. The fraction of sp³-hybridized carbons (Fsp3) is 0.872. The Bertz CT molecular complexity index is 532. The Morgan fingerprint density at radius 1 is 0.429 bits per heavy atom. The molecule has 0 rings (SSSR count). The Morgan fingerprint density at radius 3 is 1.17 bits per heavy atom. The van der Waals surface area contributed by atoms with Crippen molar-refractivity contribution in [3.63, 3.8) is 0 Å². The minimum atomic E-state index is -0.298. The summed E-state index contributed by atoms with van der Waals surface area (Å²) < 4.78 is 11.5. The van der Waals surface area contributed by atoms with Crippen LogP contribution in [0.5, 0.6) is 0 Å². The van der Waals surface area contributed by atoms with Gasteiger partial charge < -0.3 is 15.2 Å². The number of allylic oxidation sites excluding steroid dienone is 4. The van der Waals surface area contributed by atoms with E-state index in [-0.39, 0.29) is 6.23 Å². The van der Waals surface area contributed by atoms with Crippen LogP contribution in [0.3, 0.4) is 0 Å². The lowest BCUT2D eigenvalue weighted by Gasteiger charge is -2.13. The van der Waals surface area contributed by atoms with Gasteiger partial charge in [0.15, 0.2) is 0 Å². The Labute approximate surface area is 265 Å². The molecule has 1 atom stereocenters. The van der Waals surface area contributed by atoms with Crippen molar-refractivity contribution in [2.75, 3.05) is 19.8 Å². The van der Waals surface area contributed by atoms with Crippen molar-refractivity contribution in [3.05, 3.63) is 30.7 Å². The highest BCUT2D eigenvalue weighted by Crippen LogP contribution is 2.12. The first-order chi connectivity index (χ1) is 20.8. The van der Waals surface area contributed by atoms with E-state index in [4.69, 9.17) is 15.2 Å². The van der Waals surface area contributed by atoms with E-state index in [9.17, 15) is 0 Å². The van der Waals surface area contributed by atoms with E-state index >= 15 is 0 Å². The molecule has 0 aromatic carbocycles.